The molecule has 158 valence electrons. The first-order valence-corrected chi connectivity index (χ1v) is 11.1. The Morgan fingerprint density at radius 2 is 1.39 bits per heavy atom. The van der Waals surface area contributed by atoms with Crippen molar-refractivity contribution in [3.8, 4) is 0 Å². The fourth-order valence-electron chi connectivity index (χ4n) is 3.40. The van der Waals surface area contributed by atoms with Gasteiger partial charge in [-0.3, -0.25) is 4.79 Å². The molecule has 0 saturated heterocycles. The van der Waals surface area contributed by atoms with Gasteiger partial charge in [0.1, 0.15) is 6.04 Å². The van der Waals surface area contributed by atoms with Gasteiger partial charge in [0.15, 0.2) is 0 Å². The lowest BCUT2D eigenvalue weighted by Crippen LogP contribution is -2.43. The van der Waals surface area contributed by atoms with Crippen molar-refractivity contribution >= 4 is 11.9 Å². The zero-order valence-electron chi connectivity index (χ0n) is 17.9. The molecule has 1 aromatic carbocycles. The fourth-order valence-corrected chi connectivity index (χ4v) is 3.40. The van der Waals surface area contributed by atoms with Gasteiger partial charge < -0.3 is 10.1 Å². The largest absolute Gasteiger partial charge is 0.467 e. The summed E-state index contributed by atoms with van der Waals surface area (Å²) >= 11 is 0. The van der Waals surface area contributed by atoms with E-state index in [1.807, 2.05) is 30.3 Å². The van der Waals surface area contributed by atoms with Crippen molar-refractivity contribution in [3.63, 3.8) is 0 Å². The van der Waals surface area contributed by atoms with Crippen molar-refractivity contribution in [2.45, 2.75) is 96.4 Å². The summed E-state index contributed by atoms with van der Waals surface area (Å²) in [6, 6.07) is 9.07. The van der Waals surface area contributed by atoms with Gasteiger partial charge in [-0.2, -0.15) is 0 Å². The molecule has 1 rings (SSSR count). The molecule has 0 aliphatic carbocycles. The summed E-state index contributed by atoms with van der Waals surface area (Å²) in [5.74, 6) is -0.460. The zero-order valence-corrected chi connectivity index (χ0v) is 17.9. The van der Waals surface area contributed by atoms with E-state index in [1.165, 1.54) is 64.9 Å². The molecule has 0 spiro atoms. The van der Waals surface area contributed by atoms with Crippen molar-refractivity contribution in [3.05, 3.63) is 35.9 Å². The fraction of sp³-hybridized carbons (Fsp3) is 0.667. The quantitative estimate of drug-likeness (QED) is 0.296. The van der Waals surface area contributed by atoms with Crippen molar-refractivity contribution < 1.29 is 14.3 Å². The van der Waals surface area contributed by atoms with E-state index in [1.54, 1.807) is 0 Å². The van der Waals surface area contributed by atoms with E-state index in [2.05, 4.69) is 12.2 Å². The van der Waals surface area contributed by atoms with Gasteiger partial charge in [0.2, 0.25) is 5.91 Å². The number of hydrogen-bond acceptors (Lipinski definition) is 3. The second-order valence-electron chi connectivity index (χ2n) is 7.62. The monoisotopic (exact) mass is 389 g/mol. The molecule has 0 bridgehead atoms. The summed E-state index contributed by atoms with van der Waals surface area (Å²) in [6.45, 7) is 2.25. The lowest BCUT2D eigenvalue weighted by molar-refractivity contribution is -0.145. The molecule has 1 atom stereocenters. The molecule has 0 aromatic heterocycles. The Kier molecular flexibility index (Phi) is 14.0. The summed E-state index contributed by atoms with van der Waals surface area (Å²) < 4.78 is 4.84. The second-order valence-corrected chi connectivity index (χ2v) is 7.62. The summed E-state index contributed by atoms with van der Waals surface area (Å²) in [4.78, 5) is 24.2. The summed E-state index contributed by atoms with van der Waals surface area (Å²) in [5, 5.41) is 2.84. The average Bonchev–Trinajstić information content (AvgIpc) is 2.71. The highest BCUT2D eigenvalue weighted by molar-refractivity contribution is 5.84. The maximum atomic E-state index is 12.2. The average molecular weight is 390 g/mol. The van der Waals surface area contributed by atoms with Crippen LogP contribution in [0.3, 0.4) is 0 Å². The third kappa shape index (κ3) is 11.8. The van der Waals surface area contributed by atoms with Crippen LogP contribution in [0.1, 0.15) is 89.5 Å². The molecule has 1 unspecified atom stereocenters. The molecule has 1 N–H and O–H groups in total. The number of benzene rings is 1. The van der Waals surface area contributed by atoms with E-state index >= 15 is 0 Å². The van der Waals surface area contributed by atoms with Crippen LogP contribution >= 0.6 is 0 Å². The van der Waals surface area contributed by atoms with Gasteiger partial charge in [-0.15, -0.1) is 0 Å². The van der Waals surface area contributed by atoms with Crippen molar-refractivity contribution in [1.82, 2.24) is 5.32 Å². The van der Waals surface area contributed by atoms with Crippen LogP contribution in [0.15, 0.2) is 30.3 Å². The number of unbranched alkanes of at least 4 members (excludes halogenated alkanes) is 10. The number of methoxy groups -OCH3 is 1. The van der Waals surface area contributed by atoms with Crippen molar-refractivity contribution in [2.24, 2.45) is 0 Å². The highest BCUT2D eigenvalue weighted by Crippen LogP contribution is 2.12. The van der Waals surface area contributed by atoms with Gasteiger partial charge in [-0.05, 0) is 12.0 Å². The highest BCUT2D eigenvalue weighted by Gasteiger charge is 2.21. The molecule has 0 aliphatic rings. The standard InChI is InChI=1S/C24H39NO3/c1-3-4-5-6-7-8-9-10-11-12-16-19-23(26)25-22(24(27)28-2)20-21-17-14-13-15-18-21/h13-15,17-18,22H,3-12,16,19-20H2,1-2H3,(H,25,26). The lowest BCUT2D eigenvalue weighted by Gasteiger charge is -2.16. The molecule has 28 heavy (non-hydrogen) atoms. The van der Waals surface area contributed by atoms with Crippen LogP contribution in [0, 0.1) is 0 Å². The zero-order chi connectivity index (χ0) is 20.5. The minimum atomic E-state index is -0.618. The Balaban J connectivity index is 2.13. The molecule has 0 heterocycles. The molecular weight excluding hydrogens is 350 g/mol. The van der Waals surface area contributed by atoms with E-state index < -0.39 is 12.0 Å². The van der Waals surface area contributed by atoms with Crippen LogP contribution < -0.4 is 5.32 Å². The highest BCUT2D eigenvalue weighted by atomic mass is 16.5. The molecule has 4 nitrogen and oxygen atoms in total. The first kappa shape index (κ1) is 24.2. The van der Waals surface area contributed by atoms with E-state index in [9.17, 15) is 9.59 Å². The van der Waals surface area contributed by atoms with Gasteiger partial charge in [-0.1, -0.05) is 101 Å². The number of hydrogen-bond donors (Lipinski definition) is 1. The smallest absolute Gasteiger partial charge is 0.328 e. The van der Waals surface area contributed by atoms with Crippen molar-refractivity contribution in [1.29, 1.82) is 0 Å². The number of esters is 1. The predicted molar refractivity (Wildman–Crippen MR) is 115 cm³/mol. The van der Waals surface area contributed by atoms with Gasteiger partial charge in [-0.25, -0.2) is 4.79 Å². The molecule has 1 amide bonds. The Morgan fingerprint density at radius 3 is 1.93 bits per heavy atom. The summed E-state index contributed by atoms with van der Waals surface area (Å²) in [5.41, 5.74) is 1.01. The van der Waals surface area contributed by atoms with E-state index in [0.717, 1.165) is 18.4 Å². The van der Waals surface area contributed by atoms with Gasteiger partial charge in [0.25, 0.3) is 0 Å². The minimum Gasteiger partial charge on any atom is -0.467 e. The molecule has 0 radical (unpaired) electrons. The SMILES string of the molecule is CCCCCCCCCCCCCC(=O)NC(Cc1ccccc1)C(=O)OC. The van der Waals surface area contributed by atoms with Crippen molar-refractivity contribution in [2.75, 3.05) is 7.11 Å². The van der Waals surface area contributed by atoms with Crippen LogP contribution in [0.5, 0.6) is 0 Å². The van der Waals surface area contributed by atoms with Gasteiger partial charge in [0, 0.05) is 12.8 Å². The van der Waals surface area contributed by atoms with Crippen LogP contribution in [-0.4, -0.2) is 25.0 Å². The number of amides is 1. The number of ether oxygens (including phenoxy) is 1. The Labute approximate surface area is 171 Å². The molecule has 0 saturated carbocycles. The maximum Gasteiger partial charge on any atom is 0.328 e. The topological polar surface area (TPSA) is 55.4 Å². The molecule has 1 aromatic rings. The normalized spacial score (nSPS) is 11.8. The van der Waals surface area contributed by atoms with Crippen LogP contribution in [0.25, 0.3) is 0 Å². The summed E-state index contributed by atoms with van der Waals surface area (Å²) in [7, 11) is 1.36. The van der Waals surface area contributed by atoms with Crippen LogP contribution in [0.2, 0.25) is 0 Å². The number of nitrogens with one attached hydrogen (secondary N) is 1. The Morgan fingerprint density at radius 1 is 0.857 bits per heavy atom. The lowest BCUT2D eigenvalue weighted by atomic mass is 10.0. The van der Waals surface area contributed by atoms with Gasteiger partial charge >= 0.3 is 5.97 Å². The molecule has 0 fully saturated rings. The molecular formula is C24H39NO3. The third-order valence-electron chi connectivity index (χ3n) is 5.11. The maximum absolute atomic E-state index is 12.2. The van der Waals surface area contributed by atoms with E-state index in [4.69, 9.17) is 4.74 Å². The minimum absolute atomic E-state index is 0.0674. The molecule has 0 aliphatic heterocycles. The van der Waals surface area contributed by atoms with Crippen LogP contribution in [-0.2, 0) is 20.7 Å². The second kappa shape index (κ2) is 16.1. The number of carbonyl (C=O) groups excluding carboxylic acids is 2. The summed E-state index contributed by atoms with van der Waals surface area (Å²) in [6.07, 6.45) is 14.7. The van der Waals surface area contributed by atoms with Gasteiger partial charge in [0.05, 0.1) is 7.11 Å². The molecule has 4 heteroatoms. The van der Waals surface area contributed by atoms with Crippen LogP contribution in [0.4, 0.5) is 0 Å². The number of carbonyl (C=O) groups is 2. The first-order valence-electron chi connectivity index (χ1n) is 11.1. The Bertz CT molecular complexity index is 530. The first-order chi connectivity index (χ1) is 13.7. The third-order valence-corrected chi connectivity index (χ3v) is 5.11. The predicted octanol–water partition coefficient (Wildman–Crippen LogP) is 5.59. The number of rotatable bonds is 16. The Hall–Kier alpha value is -1.84. The van der Waals surface area contributed by atoms with E-state index in [-0.39, 0.29) is 5.91 Å². The van der Waals surface area contributed by atoms with E-state index in [0.29, 0.717) is 12.8 Å².